The molecule has 6 heteroatoms. The normalized spacial score (nSPS) is 19.2. The van der Waals surface area contributed by atoms with Crippen molar-refractivity contribution in [3.63, 3.8) is 0 Å². The molecular weight excluding hydrogens is 352 g/mol. The first kappa shape index (κ1) is 18.1. The van der Waals surface area contributed by atoms with Crippen LogP contribution in [0.4, 0.5) is 5.82 Å². The van der Waals surface area contributed by atoms with Gasteiger partial charge in [0.05, 0.1) is 0 Å². The summed E-state index contributed by atoms with van der Waals surface area (Å²) in [4.78, 5) is 34.5. The minimum atomic E-state index is -0.428. The standard InChI is InChI=1S/C22H22N4O2/c1-13-8-9-18(24-11-13)26-22(28)19-14(2)25-16-6-3-7-17(27)21(16)20(19)15-5-4-10-23-12-15/h4-5,8-12,20,25H,3,6-7H2,1-2H3,(H,24,26,28)/t20-/m1/s1. The fraction of sp³-hybridized carbons (Fsp3) is 0.273. The SMILES string of the molecule is CC1=C(C(=O)Nc2ccc(C)cn2)[C@@H](c2cccnc2)C2=C(CCCC2=O)N1. The molecular formula is C22H22N4O2. The zero-order chi connectivity index (χ0) is 19.7. The number of rotatable bonds is 3. The van der Waals surface area contributed by atoms with Gasteiger partial charge in [-0.05, 0) is 49.9 Å². The largest absolute Gasteiger partial charge is 0.362 e. The zero-order valence-corrected chi connectivity index (χ0v) is 16.0. The van der Waals surface area contributed by atoms with Crippen molar-refractivity contribution in [1.29, 1.82) is 0 Å². The highest BCUT2D eigenvalue weighted by Gasteiger charge is 2.38. The molecule has 1 aliphatic carbocycles. The molecule has 2 N–H and O–H groups in total. The lowest BCUT2D eigenvalue weighted by molar-refractivity contribution is -0.116. The van der Waals surface area contributed by atoms with E-state index in [-0.39, 0.29) is 11.7 Å². The van der Waals surface area contributed by atoms with E-state index in [1.165, 1.54) is 0 Å². The molecule has 0 spiro atoms. The first-order valence-electron chi connectivity index (χ1n) is 9.42. The van der Waals surface area contributed by atoms with Crippen molar-refractivity contribution in [2.75, 3.05) is 5.32 Å². The summed E-state index contributed by atoms with van der Waals surface area (Å²) in [5.74, 6) is -0.118. The summed E-state index contributed by atoms with van der Waals surface area (Å²) >= 11 is 0. The van der Waals surface area contributed by atoms with E-state index in [4.69, 9.17) is 0 Å². The molecule has 4 rings (SSSR count). The van der Waals surface area contributed by atoms with E-state index in [1.807, 2.05) is 32.0 Å². The number of hydrogen-bond donors (Lipinski definition) is 2. The number of allylic oxidation sites excluding steroid dienone is 3. The molecule has 2 aromatic rings. The van der Waals surface area contributed by atoms with Crippen LogP contribution in [0.3, 0.4) is 0 Å². The molecule has 0 unspecified atom stereocenters. The maximum absolute atomic E-state index is 13.2. The van der Waals surface area contributed by atoms with Gasteiger partial charge in [0.25, 0.3) is 5.91 Å². The average Bonchev–Trinajstić information content (AvgIpc) is 2.69. The minimum Gasteiger partial charge on any atom is -0.362 e. The third-order valence-electron chi connectivity index (χ3n) is 5.19. The second kappa shape index (κ2) is 7.38. The van der Waals surface area contributed by atoms with Crippen LogP contribution in [-0.2, 0) is 9.59 Å². The first-order chi connectivity index (χ1) is 13.5. The second-order valence-corrected chi connectivity index (χ2v) is 7.23. The Balaban J connectivity index is 1.76. The molecule has 2 aliphatic rings. The number of aromatic nitrogens is 2. The van der Waals surface area contributed by atoms with E-state index in [9.17, 15) is 9.59 Å². The van der Waals surface area contributed by atoms with Crippen LogP contribution in [-0.4, -0.2) is 21.7 Å². The maximum atomic E-state index is 13.2. The summed E-state index contributed by atoms with van der Waals surface area (Å²) < 4.78 is 0. The molecule has 0 fully saturated rings. The molecule has 2 aromatic heterocycles. The lowest BCUT2D eigenvalue weighted by Gasteiger charge is -2.34. The number of nitrogens with zero attached hydrogens (tertiary/aromatic N) is 2. The van der Waals surface area contributed by atoms with Gasteiger partial charge in [0.2, 0.25) is 0 Å². The minimum absolute atomic E-state index is 0.0915. The Morgan fingerprint density at radius 3 is 2.75 bits per heavy atom. The van der Waals surface area contributed by atoms with Crippen molar-refractivity contribution < 1.29 is 9.59 Å². The van der Waals surface area contributed by atoms with Crippen LogP contribution in [0.2, 0.25) is 0 Å². The number of Topliss-reactive ketones (excluding diaryl/α,β-unsaturated/α-hetero) is 1. The summed E-state index contributed by atoms with van der Waals surface area (Å²) in [5, 5.41) is 6.19. The Kier molecular flexibility index (Phi) is 4.77. The number of dihydropyridines is 1. The Hall–Kier alpha value is -3.28. The van der Waals surface area contributed by atoms with Crippen molar-refractivity contribution in [3.8, 4) is 0 Å². The Bertz CT molecular complexity index is 991. The molecule has 3 heterocycles. The highest BCUT2D eigenvalue weighted by Crippen LogP contribution is 2.42. The highest BCUT2D eigenvalue weighted by molar-refractivity contribution is 6.09. The van der Waals surface area contributed by atoms with Gasteiger partial charge >= 0.3 is 0 Å². The van der Waals surface area contributed by atoms with Crippen molar-refractivity contribution in [2.24, 2.45) is 0 Å². The molecule has 1 amide bonds. The molecule has 142 valence electrons. The maximum Gasteiger partial charge on any atom is 0.255 e. The summed E-state index contributed by atoms with van der Waals surface area (Å²) in [6.45, 7) is 3.82. The number of aryl methyl sites for hydroxylation is 1. The molecule has 0 bridgehead atoms. The zero-order valence-electron chi connectivity index (χ0n) is 16.0. The van der Waals surface area contributed by atoms with Gasteiger partial charge in [-0.25, -0.2) is 4.98 Å². The van der Waals surface area contributed by atoms with Gasteiger partial charge in [-0.15, -0.1) is 0 Å². The van der Waals surface area contributed by atoms with Gasteiger partial charge in [-0.3, -0.25) is 14.6 Å². The van der Waals surface area contributed by atoms with Crippen molar-refractivity contribution in [1.82, 2.24) is 15.3 Å². The first-order valence-corrected chi connectivity index (χ1v) is 9.42. The second-order valence-electron chi connectivity index (χ2n) is 7.23. The number of nitrogens with one attached hydrogen (secondary N) is 2. The molecule has 0 radical (unpaired) electrons. The van der Waals surface area contributed by atoms with Crippen molar-refractivity contribution >= 4 is 17.5 Å². The lowest BCUT2D eigenvalue weighted by Crippen LogP contribution is -2.35. The van der Waals surface area contributed by atoms with E-state index in [0.29, 0.717) is 23.4 Å². The summed E-state index contributed by atoms with van der Waals surface area (Å²) in [5.41, 5.74) is 4.76. The van der Waals surface area contributed by atoms with Gasteiger partial charge < -0.3 is 10.6 Å². The highest BCUT2D eigenvalue weighted by atomic mass is 16.2. The Morgan fingerprint density at radius 2 is 2.04 bits per heavy atom. The number of amides is 1. The number of carbonyl (C=O) groups excluding carboxylic acids is 2. The van der Waals surface area contributed by atoms with Crippen LogP contribution in [0, 0.1) is 6.92 Å². The van der Waals surface area contributed by atoms with E-state index < -0.39 is 5.92 Å². The molecule has 28 heavy (non-hydrogen) atoms. The third kappa shape index (κ3) is 3.33. The third-order valence-corrected chi connectivity index (χ3v) is 5.19. The van der Waals surface area contributed by atoms with E-state index in [1.54, 1.807) is 24.7 Å². The number of pyridine rings is 2. The van der Waals surface area contributed by atoms with Gasteiger partial charge in [-0.1, -0.05) is 12.1 Å². The molecule has 6 nitrogen and oxygen atoms in total. The molecule has 0 saturated carbocycles. The fourth-order valence-electron chi connectivity index (χ4n) is 3.89. The Morgan fingerprint density at radius 1 is 1.18 bits per heavy atom. The van der Waals surface area contributed by atoms with E-state index in [0.717, 1.165) is 35.4 Å². The number of carbonyl (C=O) groups is 2. The van der Waals surface area contributed by atoms with Crippen LogP contribution < -0.4 is 10.6 Å². The lowest BCUT2D eigenvalue weighted by atomic mass is 9.75. The van der Waals surface area contributed by atoms with Crippen LogP contribution in [0.5, 0.6) is 0 Å². The topological polar surface area (TPSA) is 84.0 Å². The van der Waals surface area contributed by atoms with Gasteiger partial charge in [0.1, 0.15) is 5.82 Å². The molecule has 0 aromatic carbocycles. The van der Waals surface area contributed by atoms with Gasteiger partial charge in [-0.2, -0.15) is 0 Å². The van der Waals surface area contributed by atoms with Crippen molar-refractivity contribution in [2.45, 2.75) is 39.0 Å². The van der Waals surface area contributed by atoms with Crippen LogP contribution >= 0.6 is 0 Å². The molecule has 1 atom stereocenters. The van der Waals surface area contributed by atoms with Gasteiger partial charge in [0, 0.05) is 53.5 Å². The summed E-state index contributed by atoms with van der Waals surface area (Å²) in [6.07, 6.45) is 7.27. The monoisotopic (exact) mass is 374 g/mol. The van der Waals surface area contributed by atoms with Crippen LogP contribution in [0.1, 0.15) is 43.2 Å². The van der Waals surface area contributed by atoms with E-state index in [2.05, 4.69) is 20.6 Å². The fourth-order valence-corrected chi connectivity index (χ4v) is 3.89. The number of hydrogen-bond acceptors (Lipinski definition) is 5. The van der Waals surface area contributed by atoms with Crippen molar-refractivity contribution in [3.05, 3.63) is 76.5 Å². The summed E-state index contributed by atoms with van der Waals surface area (Å²) in [7, 11) is 0. The molecule has 0 saturated heterocycles. The average molecular weight is 374 g/mol. The quantitative estimate of drug-likeness (QED) is 0.860. The summed E-state index contributed by atoms with van der Waals surface area (Å²) in [6, 6.07) is 7.42. The van der Waals surface area contributed by atoms with Crippen LogP contribution in [0.25, 0.3) is 0 Å². The van der Waals surface area contributed by atoms with Gasteiger partial charge in [0.15, 0.2) is 5.78 Å². The Labute approximate surface area is 163 Å². The predicted molar refractivity (Wildman–Crippen MR) is 106 cm³/mol. The smallest absolute Gasteiger partial charge is 0.255 e. The van der Waals surface area contributed by atoms with E-state index >= 15 is 0 Å². The molecule has 1 aliphatic heterocycles. The van der Waals surface area contributed by atoms with Crippen LogP contribution in [0.15, 0.2) is 65.4 Å². The predicted octanol–water partition coefficient (Wildman–Crippen LogP) is 3.39. The number of anilines is 1. The number of ketones is 1.